The molecule has 1 saturated carbocycles. The first kappa shape index (κ1) is 21.6. The molecule has 33 heavy (non-hydrogen) atoms. The summed E-state index contributed by atoms with van der Waals surface area (Å²) in [7, 11) is 0. The maximum atomic E-state index is 13.6. The van der Waals surface area contributed by atoms with Crippen molar-refractivity contribution < 1.29 is 14.4 Å². The van der Waals surface area contributed by atoms with E-state index in [9.17, 15) is 14.4 Å². The highest BCUT2D eigenvalue weighted by molar-refractivity contribution is 6.15. The van der Waals surface area contributed by atoms with Gasteiger partial charge in [-0.15, -0.1) is 0 Å². The summed E-state index contributed by atoms with van der Waals surface area (Å²) in [5, 5.41) is 3.04. The molecule has 1 spiro atoms. The molecule has 0 bridgehead atoms. The number of nitrogens with one attached hydrogen (secondary N) is 1. The fourth-order valence-corrected chi connectivity index (χ4v) is 5.46. The molecule has 2 heterocycles. The Morgan fingerprint density at radius 2 is 1.61 bits per heavy atom. The Balaban J connectivity index is 1.28. The summed E-state index contributed by atoms with van der Waals surface area (Å²) in [4.78, 5) is 44.5. The molecule has 2 aromatic rings. The third-order valence-corrected chi connectivity index (χ3v) is 7.29. The highest BCUT2D eigenvalue weighted by atomic mass is 16.2. The topological polar surface area (TPSA) is 73.0 Å². The van der Waals surface area contributed by atoms with Gasteiger partial charge >= 0.3 is 0 Å². The van der Waals surface area contributed by atoms with Crippen molar-refractivity contribution in [3.63, 3.8) is 0 Å². The maximum Gasteiger partial charge on any atom is 0.250 e. The van der Waals surface area contributed by atoms with Gasteiger partial charge in [-0.2, -0.15) is 0 Å². The Hall–Kier alpha value is -3.19. The molecule has 1 saturated heterocycles. The number of anilines is 3. The number of nitrogens with zero attached hydrogens (tertiary/aromatic N) is 3. The Kier molecular flexibility index (Phi) is 5.66. The quantitative estimate of drug-likeness (QED) is 0.730. The summed E-state index contributed by atoms with van der Waals surface area (Å²) in [6, 6.07) is 15.3. The third-order valence-electron chi connectivity index (χ3n) is 7.29. The average Bonchev–Trinajstić information content (AvgIpc) is 3.31. The molecule has 0 atom stereocenters. The van der Waals surface area contributed by atoms with Gasteiger partial charge in [0.2, 0.25) is 5.91 Å². The molecule has 2 amide bonds. The van der Waals surface area contributed by atoms with Gasteiger partial charge < -0.3 is 10.2 Å². The molecule has 7 heteroatoms. The fourth-order valence-electron chi connectivity index (χ4n) is 5.46. The number of ketones is 1. The first-order chi connectivity index (χ1) is 16.0. The van der Waals surface area contributed by atoms with Crippen LogP contribution in [-0.4, -0.2) is 60.8 Å². The molecule has 1 aliphatic carbocycles. The minimum atomic E-state index is -0.758. The van der Waals surface area contributed by atoms with E-state index in [-0.39, 0.29) is 17.6 Å². The SMILES string of the molecule is CC(=O)c1ccc(N2CCN(CC(=O)N3c4ccccc4NC(=O)C34CCCC4)CC2)cc1. The van der Waals surface area contributed by atoms with Gasteiger partial charge in [-0.05, 0) is 56.2 Å². The van der Waals surface area contributed by atoms with Crippen LogP contribution in [0.25, 0.3) is 0 Å². The number of carbonyl (C=O) groups is 3. The Bertz CT molecular complexity index is 1070. The van der Waals surface area contributed by atoms with Crippen molar-refractivity contribution in [3.8, 4) is 0 Å². The molecule has 7 nitrogen and oxygen atoms in total. The number of rotatable bonds is 4. The van der Waals surface area contributed by atoms with Gasteiger partial charge in [-0.25, -0.2) is 0 Å². The second-order valence-corrected chi connectivity index (χ2v) is 9.31. The monoisotopic (exact) mass is 446 g/mol. The lowest BCUT2D eigenvalue weighted by Gasteiger charge is -2.45. The van der Waals surface area contributed by atoms with Crippen LogP contribution in [0.1, 0.15) is 43.0 Å². The smallest absolute Gasteiger partial charge is 0.250 e. The molecular weight excluding hydrogens is 416 g/mol. The molecule has 1 N–H and O–H groups in total. The van der Waals surface area contributed by atoms with Crippen LogP contribution in [0.3, 0.4) is 0 Å². The van der Waals surface area contributed by atoms with Gasteiger partial charge in [-0.3, -0.25) is 24.2 Å². The number of Topliss-reactive ketones (excluding diaryl/α,β-unsaturated/α-hetero) is 1. The van der Waals surface area contributed by atoms with Crippen molar-refractivity contribution in [2.75, 3.05) is 47.8 Å². The first-order valence-electron chi connectivity index (χ1n) is 11.8. The summed E-state index contributed by atoms with van der Waals surface area (Å²) < 4.78 is 0. The fraction of sp³-hybridized carbons (Fsp3) is 0.423. The van der Waals surface area contributed by atoms with E-state index in [2.05, 4.69) is 15.1 Å². The van der Waals surface area contributed by atoms with Crippen LogP contribution in [-0.2, 0) is 9.59 Å². The van der Waals surface area contributed by atoms with E-state index in [1.165, 1.54) is 0 Å². The van der Waals surface area contributed by atoms with E-state index < -0.39 is 5.54 Å². The van der Waals surface area contributed by atoms with Gasteiger partial charge in [0.1, 0.15) is 5.54 Å². The van der Waals surface area contributed by atoms with Gasteiger partial charge in [-0.1, -0.05) is 25.0 Å². The minimum Gasteiger partial charge on any atom is -0.369 e. The molecule has 2 aliphatic heterocycles. The van der Waals surface area contributed by atoms with E-state index in [1.807, 2.05) is 48.5 Å². The summed E-state index contributed by atoms with van der Waals surface area (Å²) in [5.74, 6) is 0.0159. The number of para-hydroxylation sites is 2. The largest absolute Gasteiger partial charge is 0.369 e. The van der Waals surface area contributed by atoms with Gasteiger partial charge in [0.05, 0.1) is 17.9 Å². The normalized spacial score (nSPS) is 20.0. The molecule has 172 valence electrons. The zero-order valence-electron chi connectivity index (χ0n) is 19.0. The van der Waals surface area contributed by atoms with E-state index >= 15 is 0 Å². The third kappa shape index (κ3) is 3.91. The van der Waals surface area contributed by atoms with Crippen molar-refractivity contribution in [2.24, 2.45) is 0 Å². The number of hydrogen-bond acceptors (Lipinski definition) is 5. The molecule has 0 aromatic heterocycles. The second-order valence-electron chi connectivity index (χ2n) is 9.31. The maximum absolute atomic E-state index is 13.6. The molecule has 2 aromatic carbocycles. The molecule has 0 unspecified atom stereocenters. The zero-order valence-corrected chi connectivity index (χ0v) is 19.0. The number of benzene rings is 2. The van der Waals surface area contributed by atoms with Gasteiger partial charge in [0.25, 0.3) is 5.91 Å². The van der Waals surface area contributed by atoms with Crippen LogP contribution in [0.15, 0.2) is 48.5 Å². The predicted octanol–water partition coefficient (Wildman–Crippen LogP) is 3.31. The first-order valence-corrected chi connectivity index (χ1v) is 11.8. The Labute approximate surface area is 194 Å². The van der Waals surface area contributed by atoms with Gasteiger partial charge in [0, 0.05) is 37.4 Å². The average molecular weight is 447 g/mol. The molecular formula is C26H30N4O3. The zero-order chi connectivity index (χ0) is 23.0. The van der Waals surface area contributed by atoms with Crippen molar-refractivity contribution in [1.29, 1.82) is 0 Å². The standard InChI is InChI=1S/C26H30N4O3/c1-19(31)20-8-10-21(11-9-20)29-16-14-28(15-17-29)18-24(32)30-23-7-3-2-6-22(23)27-25(33)26(30)12-4-5-13-26/h2-3,6-11H,4-5,12-18H2,1H3,(H,27,33). The van der Waals surface area contributed by atoms with E-state index in [4.69, 9.17) is 0 Å². The minimum absolute atomic E-state index is 0.00142. The molecule has 3 aliphatic rings. The van der Waals surface area contributed by atoms with Crippen molar-refractivity contribution in [3.05, 3.63) is 54.1 Å². The van der Waals surface area contributed by atoms with E-state index in [0.29, 0.717) is 25.1 Å². The highest BCUT2D eigenvalue weighted by Crippen LogP contribution is 2.45. The lowest BCUT2D eigenvalue weighted by molar-refractivity contribution is -0.128. The van der Waals surface area contributed by atoms with Crippen molar-refractivity contribution in [2.45, 2.75) is 38.1 Å². The van der Waals surface area contributed by atoms with Crippen LogP contribution in [0.4, 0.5) is 17.1 Å². The van der Waals surface area contributed by atoms with Crippen LogP contribution in [0.5, 0.6) is 0 Å². The number of piperazine rings is 1. The van der Waals surface area contributed by atoms with Crippen LogP contribution in [0.2, 0.25) is 0 Å². The Morgan fingerprint density at radius 1 is 0.939 bits per heavy atom. The summed E-state index contributed by atoms with van der Waals surface area (Å²) >= 11 is 0. The number of amides is 2. The lowest BCUT2D eigenvalue weighted by Crippen LogP contribution is -2.62. The lowest BCUT2D eigenvalue weighted by atomic mass is 9.89. The molecule has 5 rings (SSSR count). The molecule has 0 radical (unpaired) electrons. The van der Waals surface area contributed by atoms with Crippen molar-refractivity contribution >= 4 is 34.7 Å². The number of fused-ring (bicyclic) bond motifs is 1. The molecule has 2 fully saturated rings. The summed E-state index contributed by atoms with van der Waals surface area (Å²) in [6.45, 7) is 5.05. The van der Waals surface area contributed by atoms with Crippen LogP contribution < -0.4 is 15.1 Å². The summed E-state index contributed by atoms with van der Waals surface area (Å²) in [5.41, 5.74) is 2.58. The van der Waals surface area contributed by atoms with Crippen molar-refractivity contribution in [1.82, 2.24) is 4.90 Å². The second kappa shape index (κ2) is 8.63. The van der Waals surface area contributed by atoms with E-state index in [0.717, 1.165) is 56.0 Å². The number of hydrogen-bond donors (Lipinski definition) is 1. The van der Waals surface area contributed by atoms with Crippen LogP contribution >= 0.6 is 0 Å². The van der Waals surface area contributed by atoms with Crippen LogP contribution in [0, 0.1) is 0 Å². The van der Waals surface area contributed by atoms with Gasteiger partial charge in [0.15, 0.2) is 5.78 Å². The van der Waals surface area contributed by atoms with E-state index in [1.54, 1.807) is 11.8 Å². The predicted molar refractivity (Wildman–Crippen MR) is 129 cm³/mol. The Morgan fingerprint density at radius 3 is 2.27 bits per heavy atom. The number of carbonyl (C=O) groups excluding carboxylic acids is 3. The highest BCUT2D eigenvalue weighted by Gasteiger charge is 2.52. The summed E-state index contributed by atoms with van der Waals surface area (Å²) in [6.07, 6.45) is 3.34.